The van der Waals surface area contributed by atoms with Crippen molar-refractivity contribution in [2.45, 2.75) is 36.2 Å². The predicted octanol–water partition coefficient (Wildman–Crippen LogP) is 3.70. The van der Waals surface area contributed by atoms with Crippen molar-refractivity contribution in [3.63, 3.8) is 0 Å². The highest BCUT2D eigenvalue weighted by Gasteiger charge is 2.26. The number of aryl methyl sites for hydroxylation is 1. The molecular weight excluding hydrogens is 458 g/mol. The van der Waals surface area contributed by atoms with Crippen molar-refractivity contribution in [2.75, 3.05) is 24.2 Å². The fraction of sp³-hybridized carbons (Fsp3) is 0.348. The van der Waals surface area contributed by atoms with E-state index in [-0.39, 0.29) is 16.6 Å². The topological polar surface area (TPSA) is 97.2 Å². The molecule has 1 aromatic heterocycles. The van der Waals surface area contributed by atoms with Crippen LogP contribution in [0.2, 0.25) is 0 Å². The number of anilines is 1. The second-order valence-electron chi connectivity index (χ2n) is 8.06. The van der Waals surface area contributed by atoms with Gasteiger partial charge in [0.05, 0.1) is 10.6 Å². The van der Waals surface area contributed by atoms with Gasteiger partial charge in [-0.3, -0.25) is 4.79 Å². The number of hydrogen-bond donors (Lipinski definition) is 1. The number of aromatic nitrogens is 3. The first kappa shape index (κ1) is 23.5. The molecule has 0 unspecified atom stereocenters. The summed E-state index contributed by atoms with van der Waals surface area (Å²) in [5, 5.41) is 11.9. The molecule has 4 rings (SSSR count). The predicted molar refractivity (Wildman–Crippen MR) is 130 cm³/mol. The largest absolute Gasteiger partial charge is 0.325 e. The van der Waals surface area contributed by atoms with E-state index in [1.54, 1.807) is 18.2 Å². The van der Waals surface area contributed by atoms with Gasteiger partial charge in [0, 0.05) is 31.4 Å². The Balaban J connectivity index is 1.39. The number of hydrogen-bond acceptors (Lipinski definition) is 6. The third-order valence-corrected chi connectivity index (χ3v) is 8.43. The molecule has 1 saturated heterocycles. The lowest BCUT2D eigenvalue weighted by molar-refractivity contribution is -0.113. The van der Waals surface area contributed by atoms with Crippen molar-refractivity contribution in [2.24, 2.45) is 7.05 Å². The molecule has 1 aliphatic heterocycles. The van der Waals surface area contributed by atoms with Crippen molar-refractivity contribution in [1.82, 2.24) is 19.1 Å². The van der Waals surface area contributed by atoms with Gasteiger partial charge in [-0.25, -0.2) is 8.42 Å². The molecule has 1 fully saturated rings. The molecule has 2 aromatic carbocycles. The number of amides is 1. The summed E-state index contributed by atoms with van der Waals surface area (Å²) >= 11 is 1.28. The van der Waals surface area contributed by atoms with Crippen molar-refractivity contribution in [3.8, 4) is 11.4 Å². The Kier molecular flexibility index (Phi) is 7.16. The summed E-state index contributed by atoms with van der Waals surface area (Å²) in [5.74, 6) is 0.618. The van der Waals surface area contributed by atoms with Crippen LogP contribution in [0, 0.1) is 6.92 Å². The number of nitrogens with one attached hydrogen (secondary N) is 1. The van der Waals surface area contributed by atoms with E-state index in [0.717, 1.165) is 36.2 Å². The lowest BCUT2D eigenvalue weighted by Crippen LogP contribution is -2.35. The van der Waals surface area contributed by atoms with Gasteiger partial charge in [-0.2, -0.15) is 4.31 Å². The average Bonchev–Trinajstić information content (AvgIpc) is 3.18. The molecule has 1 amide bonds. The molecule has 1 N–H and O–H groups in total. The van der Waals surface area contributed by atoms with Crippen LogP contribution in [-0.2, 0) is 21.9 Å². The second-order valence-corrected chi connectivity index (χ2v) is 10.9. The normalized spacial score (nSPS) is 14.8. The van der Waals surface area contributed by atoms with E-state index in [9.17, 15) is 13.2 Å². The Hall–Kier alpha value is -2.69. The van der Waals surface area contributed by atoms with Crippen molar-refractivity contribution in [3.05, 3.63) is 54.1 Å². The standard InChI is InChI=1S/C23H27N5O3S2/c1-17-8-6-9-18(14-17)22-25-26-23(27(22)2)32-16-21(29)24-19-10-7-11-20(15-19)33(30,31)28-12-4-3-5-13-28/h6-11,14-15H,3-5,12-13,16H2,1-2H3,(H,24,29). The number of thioether (sulfide) groups is 1. The maximum Gasteiger partial charge on any atom is 0.243 e. The van der Waals surface area contributed by atoms with Crippen molar-refractivity contribution < 1.29 is 13.2 Å². The fourth-order valence-corrected chi connectivity index (χ4v) is 6.07. The van der Waals surface area contributed by atoms with Gasteiger partial charge in [0.1, 0.15) is 0 Å². The fourth-order valence-electron chi connectivity index (χ4n) is 3.79. The Morgan fingerprint density at radius 3 is 2.58 bits per heavy atom. The highest BCUT2D eigenvalue weighted by molar-refractivity contribution is 7.99. The molecule has 33 heavy (non-hydrogen) atoms. The molecule has 2 heterocycles. The van der Waals surface area contributed by atoms with E-state index in [1.165, 1.54) is 22.1 Å². The summed E-state index contributed by atoms with van der Waals surface area (Å²) in [6.45, 7) is 3.10. The molecule has 0 saturated carbocycles. The van der Waals surface area contributed by atoms with Crippen LogP contribution in [0.1, 0.15) is 24.8 Å². The Morgan fingerprint density at radius 2 is 1.82 bits per heavy atom. The lowest BCUT2D eigenvalue weighted by Gasteiger charge is -2.26. The Morgan fingerprint density at radius 1 is 1.06 bits per heavy atom. The minimum absolute atomic E-state index is 0.128. The number of carbonyl (C=O) groups excluding carboxylic acids is 1. The van der Waals surface area contributed by atoms with Crippen LogP contribution in [0.4, 0.5) is 5.69 Å². The zero-order valence-electron chi connectivity index (χ0n) is 18.7. The van der Waals surface area contributed by atoms with Gasteiger partial charge in [0.25, 0.3) is 0 Å². The summed E-state index contributed by atoms with van der Waals surface area (Å²) < 4.78 is 29.2. The van der Waals surface area contributed by atoms with Gasteiger partial charge in [0.15, 0.2) is 11.0 Å². The third-order valence-electron chi connectivity index (χ3n) is 5.51. The number of sulfonamides is 1. The first-order valence-corrected chi connectivity index (χ1v) is 13.3. The number of piperidine rings is 1. The summed E-state index contributed by atoms with van der Waals surface area (Å²) in [7, 11) is -1.68. The maximum absolute atomic E-state index is 12.9. The van der Waals surface area contributed by atoms with Gasteiger partial charge in [0.2, 0.25) is 15.9 Å². The molecule has 0 radical (unpaired) electrons. The number of nitrogens with zero attached hydrogens (tertiary/aromatic N) is 4. The number of benzene rings is 2. The van der Waals surface area contributed by atoms with E-state index in [1.807, 2.05) is 42.8 Å². The van der Waals surface area contributed by atoms with E-state index in [4.69, 9.17) is 0 Å². The average molecular weight is 486 g/mol. The van der Waals surface area contributed by atoms with Crippen molar-refractivity contribution in [1.29, 1.82) is 0 Å². The molecule has 10 heteroatoms. The summed E-state index contributed by atoms with van der Waals surface area (Å²) in [5.41, 5.74) is 2.55. The van der Waals surface area contributed by atoms with Gasteiger partial charge in [-0.15, -0.1) is 10.2 Å². The molecule has 0 bridgehead atoms. The maximum atomic E-state index is 12.9. The van der Waals surface area contributed by atoms with Gasteiger partial charge >= 0.3 is 0 Å². The summed E-state index contributed by atoms with van der Waals surface area (Å²) in [6, 6.07) is 14.4. The Labute approximate surface area is 198 Å². The highest BCUT2D eigenvalue weighted by Crippen LogP contribution is 2.25. The molecule has 8 nitrogen and oxygen atoms in total. The molecule has 1 aliphatic rings. The molecule has 174 valence electrons. The lowest BCUT2D eigenvalue weighted by atomic mass is 10.1. The minimum atomic E-state index is -3.55. The Bertz CT molecular complexity index is 1250. The molecular formula is C23H27N5O3S2. The molecule has 0 atom stereocenters. The van der Waals surface area contributed by atoms with Crippen LogP contribution in [0.5, 0.6) is 0 Å². The zero-order valence-corrected chi connectivity index (χ0v) is 20.3. The van der Waals surface area contributed by atoms with Crippen LogP contribution < -0.4 is 5.32 Å². The van der Waals surface area contributed by atoms with Crippen LogP contribution in [0.25, 0.3) is 11.4 Å². The number of carbonyl (C=O) groups is 1. The first-order chi connectivity index (χ1) is 15.8. The van der Waals surface area contributed by atoms with Crippen LogP contribution in [-0.4, -0.2) is 52.2 Å². The van der Waals surface area contributed by atoms with Crippen molar-refractivity contribution >= 4 is 33.4 Å². The summed E-state index contributed by atoms with van der Waals surface area (Å²) in [4.78, 5) is 12.7. The van der Waals surface area contributed by atoms with E-state index in [0.29, 0.717) is 23.9 Å². The van der Waals surface area contributed by atoms with Gasteiger partial charge in [-0.1, -0.05) is 48.0 Å². The third kappa shape index (κ3) is 5.45. The van der Waals surface area contributed by atoms with Crippen LogP contribution >= 0.6 is 11.8 Å². The summed E-state index contributed by atoms with van der Waals surface area (Å²) in [6.07, 6.45) is 2.80. The SMILES string of the molecule is Cc1cccc(-c2nnc(SCC(=O)Nc3cccc(S(=O)(=O)N4CCCCC4)c3)n2C)c1. The molecule has 0 spiro atoms. The monoisotopic (exact) mass is 485 g/mol. The van der Waals surface area contributed by atoms with Crippen LogP contribution in [0.15, 0.2) is 58.6 Å². The highest BCUT2D eigenvalue weighted by atomic mass is 32.2. The van der Waals surface area contributed by atoms with Gasteiger partial charge in [-0.05, 0) is 44.0 Å². The smallest absolute Gasteiger partial charge is 0.243 e. The zero-order chi connectivity index (χ0) is 23.4. The minimum Gasteiger partial charge on any atom is -0.325 e. The van der Waals surface area contributed by atoms with E-state index < -0.39 is 10.0 Å². The van der Waals surface area contributed by atoms with Crippen LogP contribution in [0.3, 0.4) is 0 Å². The number of rotatable bonds is 7. The van der Waals surface area contributed by atoms with E-state index >= 15 is 0 Å². The second kappa shape index (κ2) is 10.1. The molecule has 3 aromatic rings. The van der Waals surface area contributed by atoms with E-state index in [2.05, 4.69) is 15.5 Å². The molecule has 0 aliphatic carbocycles. The van der Waals surface area contributed by atoms with Gasteiger partial charge < -0.3 is 9.88 Å². The quantitative estimate of drug-likeness (QED) is 0.513. The first-order valence-electron chi connectivity index (χ1n) is 10.8.